The van der Waals surface area contributed by atoms with Gasteiger partial charge in [-0.15, -0.1) is 0 Å². The Morgan fingerprint density at radius 1 is 0.941 bits per heavy atom. The van der Waals surface area contributed by atoms with Crippen LogP contribution in [0.1, 0.15) is 15.9 Å². The predicted octanol–water partition coefficient (Wildman–Crippen LogP) is 3.70. The highest BCUT2D eigenvalue weighted by atomic mass is 32.2. The van der Waals surface area contributed by atoms with Gasteiger partial charge < -0.3 is 14.4 Å². The van der Waals surface area contributed by atoms with Crippen molar-refractivity contribution < 1.29 is 27.1 Å². The molecule has 0 radical (unpaired) electrons. The van der Waals surface area contributed by atoms with E-state index in [0.717, 1.165) is 11.3 Å². The quantitative estimate of drug-likeness (QED) is 0.476. The number of carbonyl (C=O) groups is 1. The number of hydrogen-bond acceptors (Lipinski definition) is 6. The summed E-state index contributed by atoms with van der Waals surface area (Å²) in [4.78, 5) is 14.6. The van der Waals surface area contributed by atoms with Crippen LogP contribution in [0.4, 0.5) is 10.1 Å². The maximum Gasteiger partial charge on any atom is 0.338 e. The van der Waals surface area contributed by atoms with E-state index >= 15 is 0 Å². The number of benzene rings is 3. The van der Waals surface area contributed by atoms with Crippen LogP contribution in [0.25, 0.3) is 0 Å². The standard InChI is InChI=1S/C25H25FN2O5S/c1-32-23-6-2-4-19(16-23)18-33-25(29)20-5-3-7-24(17-20)34(30,31)28-14-12-27(13-15-28)22-10-8-21(26)9-11-22/h2-11,16-17H,12-15,18H2,1H3. The van der Waals surface area contributed by atoms with E-state index in [-0.39, 0.29) is 36.0 Å². The zero-order valence-electron chi connectivity index (χ0n) is 18.7. The summed E-state index contributed by atoms with van der Waals surface area (Å²) in [7, 11) is -2.23. The molecule has 0 bridgehead atoms. The van der Waals surface area contributed by atoms with E-state index in [0.29, 0.717) is 18.8 Å². The van der Waals surface area contributed by atoms with Crippen molar-refractivity contribution in [1.29, 1.82) is 0 Å². The normalized spacial score (nSPS) is 14.6. The predicted molar refractivity (Wildman–Crippen MR) is 126 cm³/mol. The minimum Gasteiger partial charge on any atom is -0.497 e. The highest BCUT2D eigenvalue weighted by Gasteiger charge is 2.29. The first-order valence-electron chi connectivity index (χ1n) is 10.8. The fourth-order valence-corrected chi connectivity index (χ4v) is 5.23. The number of ether oxygens (including phenoxy) is 2. The monoisotopic (exact) mass is 484 g/mol. The summed E-state index contributed by atoms with van der Waals surface area (Å²) in [6.45, 7) is 1.56. The van der Waals surface area contributed by atoms with Gasteiger partial charge in [0.25, 0.3) is 0 Å². The second-order valence-electron chi connectivity index (χ2n) is 7.82. The third-order valence-corrected chi connectivity index (χ3v) is 7.54. The summed E-state index contributed by atoms with van der Waals surface area (Å²) in [5.74, 6) is -0.269. The van der Waals surface area contributed by atoms with Gasteiger partial charge in [0.05, 0.1) is 17.6 Å². The van der Waals surface area contributed by atoms with E-state index in [9.17, 15) is 17.6 Å². The van der Waals surface area contributed by atoms with Gasteiger partial charge in [-0.1, -0.05) is 18.2 Å². The molecule has 0 aliphatic carbocycles. The van der Waals surface area contributed by atoms with Crippen molar-refractivity contribution in [3.8, 4) is 5.75 Å². The summed E-state index contributed by atoms with van der Waals surface area (Å²) < 4.78 is 51.5. The number of hydrogen-bond donors (Lipinski definition) is 0. The molecule has 1 saturated heterocycles. The second-order valence-corrected chi connectivity index (χ2v) is 9.76. The van der Waals surface area contributed by atoms with E-state index in [2.05, 4.69) is 0 Å². The molecule has 1 aliphatic rings. The van der Waals surface area contributed by atoms with Gasteiger partial charge in [0.2, 0.25) is 10.0 Å². The van der Waals surface area contributed by atoms with Gasteiger partial charge in [0.15, 0.2) is 0 Å². The minimum absolute atomic E-state index is 0.0400. The number of carbonyl (C=O) groups excluding carboxylic acids is 1. The largest absolute Gasteiger partial charge is 0.497 e. The Bertz CT molecular complexity index is 1260. The molecule has 7 nitrogen and oxygen atoms in total. The molecule has 4 rings (SSSR count). The first kappa shape index (κ1) is 23.7. The molecule has 0 atom stereocenters. The van der Waals surface area contributed by atoms with Crippen LogP contribution in [0.15, 0.2) is 77.7 Å². The molecule has 1 aliphatic heterocycles. The van der Waals surface area contributed by atoms with Crippen LogP contribution in [-0.4, -0.2) is 52.0 Å². The van der Waals surface area contributed by atoms with Crippen molar-refractivity contribution in [2.45, 2.75) is 11.5 Å². The smallest absolute Gasteiger partial charge is 0.338 e. The molecule has 0 amide bonds. The van der Waals surface area contributed by atoms with E-state index in [1.807, 2.05) is 11.0 Å². The van der Waals surface area contributed by atoms with Gasteiger partial charge in [-0.05, 0) is 60.2 Å². The lowest BCUT2D eigenvalue weighted by atomic mass is 10.2. The third-order valence-electron chi connectivity index (χ3n) is 5.64. The number of methoxy groups -OCH3 is 1. The molecule has 0 saturated carbocycles. The molecule has 1 heterocycles. The lowest BCUT2D eigenvalue weighted by Crippen LogP contribution is -2.48. The first-order valence-corrected chi connectivity index (χ1v) is 12.2. The topological polar surface area (TPSA) is 76.1 Å². The SMILES string of the molecule is COc1cccc(COC(=O)c2cccc(S(=O)(=O)N3CCN(c4ccc(F)cc4)CC3)c2)c1. The highest BCUT2D eigenvalue weighted by molar-refractivity contribution is 7.89. The van der Waals surface area contributed by atoms with E-state index < -0.39 is 16.0 Å². The van der Waals surface area contributed by atoms with Gasteiger partial charge in [0, 0.05) is 31.9 Å². The van der Waals surface area contributed by atoms with E-state index in [1.165, 1.54) is 40.7 Å². The fourth-order valence-electron chi connectivity index (χ4n) is 3.77. The van der Waals surface area contributed by atoms with E-state index in [1.54, 1.807) is 37.4 Å². The van der Waals surface area contributed by atoms with Gasteiger partial charge in [-0.25, -0.2) is 17.6 Å². The average molecular weight is 485 g/mol. The van der Waals surface area contributed by atoms with Gasteiger partial charge >= 0.3 is 5.97 Å². The molecule has 9 heteroatoms. The summed E-state index contributed by atoms with van der Waals surface area (Å²) in [6, 6.07) is 19.2. The maximum atomic E-state index is 13.2. The van der Waals surface area contributed by atoms with Crippen LogP contribution in [0.2, 0.25) is 0 Å². The molecule has 178 valence electrons. The molecule has 3 aromatic carbocycles. The number of nitrogens with zero attached hydrogens (tertiary/aromatic N) is 2. The van der Waals surface area contributed by atoms with Crippen molar-refractivity contribution in [3.63, 3.8) is 0 Å². The number of halogens is 1. The first-order chi connectivity index (χ1) is 16.4. The molecule has 0 unspecified atom stereocenters. The van der Waals surface area contributed by atoms with Crippen molar-refractivity contribution in [2.24, 2.45) is 0 Å². The molecular formula is C25H25FN2O5S. The molecule has 0 aromatic heterocycles. The average Bonchev–Trinajstić information content (AvgIpc) is 2.88. The highest BCUT2D eigenvalue weighted by Crippen LogP contribution is 2.23. The van der Waals surface area contributed by atoms with Crippen molar-refractivity contribution in [2.75, 3.05) is 38.2 Å². The Kier molecular flexibility index (Phi) is 7.14. The minimum atomic E-state index is -3.78. The Balaban J connectivity index is 1.41. The summed E-state index contributed by atoms with van der Waals surface area (Å²) in [5, 5.41) is 0. The van der Waals surface area contributed by atoms with Crippen LogP contribution in [0.3, 0.4) is 0 Å². The van der Waals surface area contributed by atoms with Gasteiger partial charge in [0.1, 0.15) is 18.2 Å². The van der Waals surface area contributed by atoms with Crippen molar-refractivity contribution in [3.05, 3.63) is 89.7 Å². The molecule has 3 aromatic rings. The Morgan fingerprint density at radius 2 is 1.65 bits per heavy atom. The second kappa shape index (κ2) is 10.2. The van der Waals surface area contributed by atoms with Gasteiger partial charge in [-0.2, -0.15) is 4.31 Å². The van der Waals surface area contributed by atoms with Crippen molar-refractivity contribution in [1.82, 2.24) is 4.31 Å². The Morgan fingerprint density at radius 3 is 2.35 bits per heavy atom. The molecule has 34 heavy (non-hydrogen) atoms. The number of rotatable bonds is 7. The van der Waals surface area contributed by atoms with Crippen molar-refractivity contribution >= 4 is 21.7 Å². The fraction of sp³-hybridized carbons (Fsp3) is 0.240. The van der Waals surface area contributed by atoms with Gasteiger partial charge in [-0.3, -0.25) is 0 Å². The Hall–Kier alpha value is -3.43. The summed E-state index contributed by atoms with van der Waals surface area (Å²) in [5.41, 5.74) is 1.77. The summed E-state index contributed by atoms with van der Waals surface area (Å²) in [6.07, 6.45) is 0. The third kappa shape index (κ3) is 5.37. The number of esters is 1. The lowest BCUT2D eigenvalue weighted by molar-refractivity contribution is 0.0472. The molecule has 1 fully saturated rings. The summed E-state index contributed by atoms with van der Waals surface area (Å²) >= 11 is 0. The lowest BCUT2D eigenvalue weighted by Gasteiger charge is -2.35. The van der Waals surface area contributed by atoms with Crippen LogP contribution >= 0.6 is 0 Å². The number of anilines is 1. The molecule has 0 N–H and O–H groups in total. The number of piperazine rings is 1. The van der Waals surface area contributed by atoms with Crippen LogP contribution in [0.5, 0.6) is 5.75 Å². The Labute approximate surface area is 198 Å². The number of sulfonamides is 1. The van der Waals surface area contributed by atoms with Crippen LogP contribution in [-0.2, 0) is 21.4 Å². The molecular weight excluding hydrogens is 459 g/mol. The van der Waals surface area contributed by atoms with E-state index in [4.69, 9.17) is 9.47 Å². The van der Waals surface area contributed by atoms with Crippen LogP contribution < -0.4 is 9.64 Å². The van der Waals surface area contributed by atoms with Crippen LogP contribution in [0, 0.1) is 5.82 Å². The maximum absolute atomic E-state index is 13.2. The zero-order chi connectivity index (χ0) is 24.1. The molecule has 0 spiro atoms. The zero-order valence-corrected chi connectivity index (χ0v) is 19.5.